The Bertz CT molecular complexity index is 1710. The van der Waals surface area contributed by atoms with E-state index >= 15 is 0 Å². The largest absolute Gasteiger partial charge is 1.00 e. The van der Waals surface area contributed by atoms with Crippen LogP contribution in [0.2, 0.25) is 0 Å². The summed E-state index contributed by atoms with van der Waals surface area (Å²) in [6.07, 6.45) is 5.40. The van der Waals surface area contributed by atoms with Crippen molar-refractivity contribution >= 4 is 32.7 Å². The molecule has 3 aromatic carbocycles. The monoisotopic (exact) mass is 512 g/mol. The van der Waals surface area contributed by atoms with Gasteiger partial charge in [0.05, 0.1) is 22.4 Å². The van der Waals surface area contributed by atoms with Crippen molar-refractivity contribution in [2.75, 3.05) is 0 Å². The van der Waals surface area contributed by atoms with Gasteiger partial charge in [-0.1, -0.05) is 72.8 Å². The van der Waals surface area contributed by atoms with Gasteiger partial charge in [0.15, 0.2) is 0 Å². The molecule has 0 N–H and O–H groups in total. The molecule has 4 aromatic heterocycles. The third-order valence-electron chi connectivity index (χ3n) is 5.95. The van der Waals surface area contributed by atoms with Crippen molar-refractivity contribution in [3.8, 4) is 22.5 Å². The molecule has 0 amide bonds. The summed E-state index contributed by atoms with van der Waals surface area (Å²) in [6.45, 7) is 0. The minimum atomic E-state index is 0. The van der Waals surface area contributed by atoms with Crippen LogP contribution in [0.15, 0.2) is 128 Å². The number of hydrogen-bond acceptors (Lipinski definition) is 3. The summed E-state index contributed by atoms with van der Waals surface area (Å²) >= 11 is 0. The molecule has 0 radical (unpaired) electrons. The first-order valence-electron chi connectivity index (χ1n) is 11.5. The molecular weight excluding hydrogens is 492 g/mol. The number of hydrogen-bond donors (Lipinski definition) is 0. The van der Waals surface area contributed by atoms with Gasteiger partial charge in [0, 0.05) is 28.7 Å². The summed E-state index contributed by atoms with van der Waals surface area (Å²) in [7, 11) is 0. The van der Waals surface area contributed by atoms with E-state index in [4.69, 9.17) is 4.98 Å². The van der Waals surface area contributed by atoms with Gasteiger partial charge in [0.2, 0.25) is 0 Å². The van der Waals surface area contributed by atoms with E-state index in [9.17, 15) is 0 Å². The fourth-order valence-corrected chi connectivity index (χ4v) is 4.30. The Morgan fingerprint density at radius 2 is 1.17 bits per heavy atom. The Hall–Kier alpha value is -4.31. The Kier molecular flexibility index (Phi) is 6.85. The second kappa shape index (κ2) is 10.5. The minimum Gasteiger partial charge on any atom is -0.663 e. The molecule has 0 saturated heterocycles. The zero-order chi connectivity index (χ0) is 23.5. The van der Waals surface area contributed by atoms with Gasteiger partial charge in [-0.3, -0.25) is 9.97 Å². The molecular formula is C31H21CuN4. The van der Waals surface area contributed by atoms with Crippen molar-refractivity contribution < 1.29 is 17.1 Å². The van der Waals surface area contributed by atoms with Crippen LogP contribution in [-0.4, -0.2) is 15.0 Å². The van der Waals surface area contributed by atoms with Crippen LogP contribution in [0.25, 0.3) is 55.2 Å². The topological polar surface area (TPSA) is 52.8 Å². The summed E-state index contributed by atoms with van der Waals surface area (Å²) < 4.78 is 0. The number of aromatic nitrogens is 4. The average molecular weight is 513 g/mol. The summed E-state index contributed by atoms with van der Waals surface area (Å²) in [5.74, 6) is 0. The van der Waals surface area contributed by atoms with Gasteiger partial charge in [0.25, 0.3) is 0 Å². The first-order valence-corrected chi connectivity index (χ1v) is 11.5. The molecule has 0 saturated carbocycles. The smallest absolute Gasteiger partial charge is 0.663 e. The van der Waals surface area contributed by atoms with Crippen molar-refractivity contribution in [1.29, 1.82) is 0 Å². The van der Waals surface area contributed by atoms with Crippen molar-refractivity contribution in [2.45, 2.75) is 0 Å². The van der Waals surface area contributed by atoms with E-state index in [0.717, 1.165) is 44.5 Å². The predicted octanol–water partition coefficient (Wildman–Crippen LogP) is 7.31. The number of pyridine rings is 3. The second-order valence-corrected chi connectivity index (χ2v) is 8.18. The number of nitrogens with zero attached hydrogens (tertiary/aromatic N) is 4. The van der Waals surface area contributed by atoms with Gasteiger partial charge in [-0.25, -0.2) is 4.98 Å². The molecule has 4 nitrogen and oxygen atoms in total. The van der Waals surface area contributed by atoms with E-state index in [0.29, 0.717) is 0 Å². The zero-order valence-corrected chi connectivity index (χ0v) is 20.2. The van der Waals surface area contributed by atoms with Gasteiger partial charge < -0.3 is 4.98 Å². The van der Waals surface area contributed by atoms with Gasteiger partial charge in [-0.05, 0) is 47.3 Å². The number of para-hydroxylation sites is 3. The molecule has 4 heterocycles. The van der Waals surface area contributed by atoms with Crippen molar-refractivity contribution in [1.82, 2.24) is 19.9 Å². The van der Waals surface area contributed by atoms with Crippen LogP contribution < -0.4 is 4.98 Å². The molecule has 0 aliphatic carbocycles. The third-order valence-corrected chi connectivity index (χ3v) is 5.95. The molecule has 0 unspecified atom stereocenters. The molecule has 0 spiro atoms. The summed E-state index contributed by atoms with van der Waals surface area (Å²) in [4.78, 5) is 17.8. The Balaban J connectivity index is 0.000000175. The van der Waals surface area contributed by atoms with E-state index < -0.39 is 0 Å². The summed E-state index contributed by atoms with van der Waals surface area (Å²) in [5.41, 5.74) is 7.20. The molecule has 0 atom stereocenters. The number of benzene rings is 3. The molecule has 7 aromatic rings. The Morgan fingerprint density at radius 1 is 0.528 bits per heavy atom. The maximum Gasteiger partial charge on any atom is 1.00 e. The van der Waals surface area contributed by atoms with E-state index in [-0.39, 0.29) is 17.1 Å². The van der Waals surface area contributed by atoms with Gasteiger partial charge in [-0.2, -0.15) is 6.20 Å². The van der Waals surface area contributed by atoms with Gasteiger partial charge in [-0.15, -0.1) is 5.52 Å². The quantitative estimate of drug-likeness (QED) is 0.180. The van der Waals surface area contributed by atoms with E-state index in [1.54, 1.807) is 12.4 Å². The van der Waals surface area contributed by atoms with E-state index in [1.807, 2.05) is 60.8 Å². The van der Waals surface area contributed by atoms with Crippen molar-refractivity contribution in [3.63, 3.8) is 0 Å². The van der Waals surface area contributed by atoms with E-state index in [2.05, 4.69) is 69.5 Å². The molecule has 0 aliphatic rings. The fraction of sp³-hybridized carbons (Fsp3) is 0. The molecule has 7 rings (SSSR count). The predicted molar refractivity (Wildman–Crippen MR) is 143 cm³/mol. The van der Waals surface area contributed by atoms with Crippen LogP contribution >= 0.6 is 0 Å². The van der Waals surface area contributed by atoms with Gasteiger partial charge in [0.1, 0.15) is 0 Å². The minimum absolute atomic E-state index is 0. The standard InChI is InChI=1S/C21H13N2.C10H8N2.Cu/c1-2-10-19-15(5-1)13-16-7-4-9-18(21(16)23-19)17-8-3-6-14-11-12-22-20(14)17;1-3-7-11-9(5-1)10-6-2-4-8-12-10;/h1-13H;1-8H;/q-1;;+1. The van der Waals surface area contributed by atoms with E-state index in [1.165, 1.54) is 10.8 Å². The zero-order valence-electron chi connectivity index (χ0n) is 19.2. The normalized spacial score (nSPS) is 10.6. The summed E-state index contributed by atoms with van der Waals surface area (Å²) in [6, 6.07) is 36.8. The van der Waals surface area contributed by atoms with Crippen molar-refractivity contribution in [3.05, 3.63) is 128 Å². The van der Waals surface area contributed by atoms with Crippen LogP contribution in [0.5, 0.6) is 0 Å². The third kappa shape index (κ3) is 4.62. The van der Waals surface area contributed by atoms with Crippen LogP contribution in [0.4, 0.5) is 0 Å². The SMILES string of the molecule is [Cu+].c1ccc(-c2ccccn2)nc1.c1ccc2nc3c(-c4cccc5cc[n-]c45)cccc3cc2c1. The molecule has 0 bridgehead atoms. The molecule has 0 aliphatic heterocycles. The van der Waals surface area contributed by atoms with Crippen LogP contribution in [0.1, 0.15) is 0 Å². The average Bonchev–Trinajstić information content (AvgIpc) is 3.42. The van der Waals surface area contributed by atoms with Crippen LogP contribution in [0, 0.1) is 0 Å². The molecule has 0 fully saturated rings. The van der Waals surface area contributed by atoms with Gasteiger partial charge >= 0.3 is 17.1 Å². The second-order valence-electron chi connectivity index (χ2n) is 8.18. The van der Waals surface area contributed by atoms with Crippen LogP contribution in [-0.2, 0) is 17.1 Å². The maximum atomic E-state index is 4.92. The Morgan fingerprint density at radius 3 is 1.89 bits per heavy atom. The number of rotatable bonds is 2. The number of fused-ring (bicyclic) bond motifs is 3. The molecule has 5 heteroatoms. The first-order chi connectivity index (χ1) is 17.4. The van der Waals surface area contributed by atoms with Crippen LogP contribution in [0.3, 0.4) is 0 Å². The Labute approximate surface area is 219 Å². The van der Waals surface area contributed by atoms with Crippen molar-refractivity contribution in [2.24, 2.45) is 0 Å². The first kappa shape index (κ1) is 23.4. The molecule has 36 heavy (non-hydrogen) atoms. The maximum absolute atomic E-state index is 4.92. The molecule has 176 valence electrons. The summed E-state index contributed by atoms with van der Waals surface area (Å²) in [5, 5.41) is 3.49. The fourth-order valence-electron chi connectivity index (χ4n) is 4.30.